The third-order valence-corrected chi connectivity index (χ3v) is 6.90. The highest BCUT2D eigenvalue weighted by Crippen LogP contribution is 2.37. The molecule has 1 atom stereocenters. The Morgan fingerprint density at radius 2 is 1.66 bits per heavy atom. The molecule has 1 unspecified atom stereocenters. The SMILES string of the molecule is O=C(O)CCCCCN1CC(C(=O)O)Oc2c(C(=O)Nc3ccc(OCCCCc4ccccc4)cc3)cccc21. The topological polar surface area (TPSA) is 125 Å². The van der Waals surface area contributed by atoms with Gasteiger partial charge in [-0.25, -0.2) is 4.79 Å². The van der Waals surface area contributed by atoms with E-state index in [1.54, 1.807) is 42.5 Å². The Kier molecular flexibility index (Phi) is 10.6. The number of unbranched alkanes of at least 4 members (excludes halogenated alkanes) is 3. The van der Waals surface area contributed by atoms with Crippen LogP contribution >= 0.6 is 0 Å². The van der Waals surface area contributed by atoms with E-state index in [0.717, 1.165) is 19.3 Å². The molecule has 1 aliphatic rings. The van der Waals surface area contributed by atoms with Crippen LogP contribution in [0.2, 0.25) is 0 Å². The lowest BCUT2D eigenvalue weighted by atomic mass is 10.1. The van der Waals surface area contributed by atoms with Gasteiger partial charge in [0.15, 0.2) is 5.75 Å². The second-order valence-corrected chi connectivity index (χ2v) is 10.0. The Labute approximate surface area is 239 Å². The minimum absolute atomic E-state index is 0.101. The molecule has 0 aromatic heterocycles. The number of ether oxygens (including phenoxy) is 2. The van der Waals surface area contributed by atoms with E-state index in [1.165, 1.54) is 5.56 Å². The average molecular weight is 561 g/mol. The summed E-state index contributed by atoms with van der Waals surface area (Å²) in [4.78, 5) is 37.7. The molecule has 0 fully saturated rings. The van der Waals surface area contributed by atoms with Gasteiger partial charge in [-0.2, -0.15) is 0 Å². The van der Waals surface area contributed by atoms with E-state index in [9.17, 15) is 19.5 Å². The number of nitrogens with zero attached hydrogens (tertiary/aromatic N) is 1. The number of carboxylic acids is 2. The molecule has 0 saturated carbocycles. The minimum atomic E-state index is -1.13. The third-order valence-electron chi connectivity index (χ3n) is 6.90. The van der Waals surface area contributed by atoms with E-state index in [1.807, 2.05) is 23.1 Å². The monoisotopic (exact) mass is 560 g/mol. The summed E-state index contributed by atoms with van der Waals surface area (Å²) in [7, 11) is 0. The lowest BCUT2D eigenvalue weighted by Gasteiger charge is -2.35. The van der Waals surface area contributed by atoms with Gasteiger partial charge in [-0.1, -0.05) is 42.8 Å². The molecular formula is C32H36N2O7. The predicted octanol–water partition coefficient (Wildman–Crippen LogP) is 5.64. The van der Waals surface area contributed by atoms with Gasteiger partial charge in [0.2, 0.25) is 6.10 Å². The van der Waals surface area contributed by atoms with Crippen molar-refractivity contribution < 1.29 is 34.1 Å². The molecule has 9 nitrogen and oxygen atoms in total. The number of para-hydroxylation sites is 1. The van der Waals surface area contributed by atoms with Crippen LogP contribution in [-0.4, -0.2) is 53.9 Å². The van der Waals surface area contributed by atoms with Crippen LogP contribution in [0.15, 0.2) is 72.8 Å². The number of amides is 1. The first-order valence-electron chi connectivity index (χ1n) is 14.0. The standard InChI is InChI=1S/C32H36N2O7/c35-29(36)15-5-2-7-20-34-22-28(32(38)39)41-30-26(13-9-14-27(30)34)31(37)33-24-16-18-25(19-17-24)40-21-8-6-12-23-10-3-1-4-11-23/h1,3-4,9-11,13-14,16-19,28H,2,5-8,12,15,20-22H2,(H,33,37)(H,35,36)(H,38,39). The van der Waals surface area contributed by atoms with Gasteiger partial charge >= 0.3 is 11.9 Å². The highest BCUT2D eigenvalue weighted by atomic mass is 16.5. The maximum absolute atomic E-state index is 13.2. The molecule has 9 heteroatoms. The number of rotatable bonds is 15. The minimum Gasteiger partial charge on any atom is -0.494 e. The number of anilines is 2. The van der Waals surface area contributed by atoms with Crippen molar-refractivity contribution in [3.8, 4) is 11.5 Å². The molecule has 0 radical (unpaired) electrons. The van der Waals surface area contributed by atoms with Gasteiger partial charge in [0.1, 0.15) is 5.75 Å². The van der Waals surface area contributed by atoms with E-state index in [2.05, 4.69) is 17.4 Å². The summed E-state index contributed by atoms with van der Waals surface area (Å²) in [5.41, 5.74) is 2.77. The molecular weight excluding hydrogens is 524 g/mol. The quantitative estimate of drug-likeness (QED) is 0.204. The van der Waals surface area contributed by atoms with E-state index in [4.69, 9.17) is 14.6 Å². The van der Waals surface area contributed by atoms with Crippen LogP contribution in [0.1, 0.15) is 54.4 Å². The number of carboxylic acid groups (broad SMARTS) is 2. The van der Waals surface area contributed by atoms with Crippen LogP contribution in [0.25, 0.3) is 0 Å². The molecule has 216 valence electrons. The van der Waals surface area contributed by atoms with Crippen molar-refractivity contribution in [3.05, 3.63) is 83.9 Å². The molecule has 0 saturated heterocycles. The van der Waals surface area contributed by atoms with Gasteiger partial charge in [-0.05, 0) is 74.1 Å². The number of carbonyl (C=O) groups excluding carboxylic acids is 1. The number of hydrogen-bond donors (Lipinski definition) is 3. The van der Waals surface area contributed by atoms with Crippen LogP contribution in [0, 0.1) is 0 Å². The second kappa shape index (κ2) is 14.7. The van der Waals surface area contributed by atoms with Crippen molar-refractivity contribution in [2.45, 2.75) is 51.0 Å². The zero-order chi connectivity index (χ0) is 29.0. The molecule has 41 heavy (non-hydrogen) atoms. The lowest BCUT2D eigenvalue weighted by molar-refractivity contribution is -0.145. The normalized spacial score (nSPS) is 14.0. The maximum atomic E-state index is 13.2. The van der Waals surface area contributed by atoms with Crippen molar-refractivity contribution in [3.63, 3.8) is 0 Å². The Bertz CT molecular complexity index is 1310. The highest BCUT2D eigenvalue weighted by molar-refractivity contribution is 6.07. The summed E-state index contributed by atoms with van der Waals surface area (Å²) < 4.78 is 11.6. The van der Waals surface area contributed by atoms with Crippen LogP contribution < -0.4 is 19.7 Å². The van der Waals surface area contributed by atoms with Gasteiger partial charge in [0, 0.05) is 18.7 Å². The van der Waals surface area contributed by atoms with Gasteiger partial charge in [-0.15, -0.1) is 0 Å². The van der Waals surface area contributed by atoms with Crippen molar-refractivity contribution in [1.29, 1.82) is 0 Å². The lowest BCUT2D eigenvalue weighted by Crippen LogP contribution is -2.45. The Morgan fingerprint density at radius 1 is 0.878 bits per heavy atom. The van der Waals surface area contributed by atoms with E-state index < -0.39 is 23.9 Å². The summed E-state index contributed by atoms with van der Waals surface area (Å²) in [6.07, 6.45) is 3.90. The first kappa shape index (κ1) is 29.5. The van der Waals surface area contributed by atoms with Crippen molar-refractivity contribution >= 4 is 29.2 Å². The second-order valence-electron chi connectivity index (χ2n) is 10.0. The Morgan fingerprint density at radius 3 is 2.39 bits per heavy atom. The zero-order valence-electron chi connectivity index (χ0n) is 23.0. The molecule has 0 spiro atoms. The molecule has 0 bridgehead atoms. The number of aryl methyl sites for hydroxylation is 1. The van der Waals surface area contributed by atoms with Gasteiger partial charge in [-0.3, -0.25) is 9.59 Å². The molecule has 1 heterocycles. The summed E-state index contributed by atoms with van der Waals surface area (Å²) in [5.74, 6) is -1.42. The Balaban J connectivity index is 1.33. The first-order valence-corrected chi connectivity index (χ1v) is 14.0. The molecule has 1 aliphatic heterocycles. The number of hydrogen-bond acceptors (Lipinski definition) is 6. The van der Waals surface area contributed by atoms with Crippen LogP contribution in [0.3, 0.4) is 0 Å². The molecule has 3 aromatic carbocycles. The first-order chi connectivity index (χ1) is 19.9. The van der Waals surface area contributed by atoms with Gasteiger partial charge in [0.05, 0.1) is 24.4 Å². The van der Waals surface area contributed by atoms with Crippen molar-refractivity contribution in [2.75, 3.05) is 29.9 Å². The number of carbonyl (C=O) groups is 3. The molecule has 1 amide bonds. The third kappa shape index (κ3) is 8.73. The van der Waals surface area contributed by atoms with Crippen molar-refractivity contribution in [1.82, 2.24) is 0 Å². The maximum Gasteiger partial charge on any atom is 0.346 e. The number of nitrogens with one attached hydrogen (secondary N) is 1. The summed E-state index contributed by atoms with van der Waals surface area (Å²) >= 11 is 0. The van der Waals surface area contributed by atoms with Gasteiger partial charge < -0.3 is 29.9 Å². The molecule has 4 rings (SSSR count). The van der Waals surface area contributed by atoms with Gasteiger partial charge in [0.25, 0.3) is 5.91 Å². The summed E-state index contributed by atoms with van der Waals surface area (Å²) in [6, 6.07) is 22.6. The summed E-state index contributed by atoms with van der Waals surface area (Å²) in [6.45, 7) is 1.27. The summed E-state index contributed by atoms with van der Waals surface area (Å²) in [5, 5.41) is 21.4. The fourth-order valence-electron chi connectivity index (χ4n) is 4.75. The largest absolute Gasteiger partial charge is 0.494 e. The molecule has 3 aromatic rings. The molecule has 3 N–H and O–H groups in total. The fourth-order valence-corrected chi connectivity index (χ4v) is 4.75. The fraction of sp³-hybridized carbons (Fsp3) is 0.344. The average Bonchev–Trinajstić information content (AvgIpc) is 2.97. The van der Waals surface area contributed by atoms with Crippen LogP contribution in [-0.2, 0) is 16.0 Å². The van der Waals surface area contributed by atoms with Crippen LogP contribution in [0.4, 0.5) is 11.4 Å². The Hall–Kier alpha value is -4.53. The van der Waals surface area contributed by atoms with Crippen molar-refractivity contribution in [2.24, 2.45) is 0 Å². The van der Waals surface area contributed by atoms with E-state index >= 15 is 0 Å². The number of benzene rings is 3. The van der Waals surface area contributed by atoms with Crippen LogP contribution in [0.5, 0.6) is 11.5 Å². The number of fused-ring (bicyclic) bond motifs is 1. The smallest absolute Gasteiger partial charge is 0.346 e. The zero-order valence-corrected chi connectivity index (χ0v) is 23.0. The highest BCUT2D eigenvalue weighted by Gasteiger charge is 2.33. The molecule has 0 aliphatic carbocycles. The van der Waals surface area contributed by atoms with E-state index in [0.29, 0.717) is 49.5 Å². The van der Waals surface area contributed by atoms with E-state index in [-0.39, 0.29) is 24.3 Å². The number of aliphatic carboxylic acids is 2. The predicted molar refractivity (Wildman–Crippen MR) is 156 cm³/mol.